The number of likely N-dealkylation sites (N-methyl/N-ethyl adjacent to an activating group) is 1. The molecule has 0 saturated heterocycles. The second-order valence-corrected chi connectivity index (χ2v) is 6.71. The van der Waals surface area contributed by atoms with Crippen LogP contribution < -0.4 is 5.32 Å². The number of carbonyl (C=O) groups excluding carboxylic acids is 2. The van der Waals surface area contributed by atoms with Crippen molar-refractivity contribution in [2.75, 3.05) is 32.1 Å². The van der Waals surface area contributed by atoms with E-state index in [2.05, 4.69) is 5.32 Å². The summed E-state index contributed by atoms with van der Waals surface area (Å²) in [6.45, 7) is 1.46. The first-order valence-electron chi connectivity index (χ1n) is 6.93. The molecule has 0 unspecified atom stereocenters. The molecular formula is C14H18F2N2O5S. The summed E-state index contributed by atoms with van der Waals surface area (Å²) < 4.78 is 53.3. The van der Waals surface area contributed by atoms with E-state index in [1.54, 1.807) is 6.92 Å². The third-order valence-electron chi connectivity index (χ3n) is 2.82. The molecule has 0 radical (unpaired) electrons. The monoisotopic (exact) mass is 364 g/mol. The molecule has 10 heteroatoms. The van der Waals surface area contributed by atoms with Crippen molar-refractivity contribution in [2.24, 2.45) is 0 Å². The zero-order chi connectivity index (χ0) is 18.3. The highest BCUT2D eigenvalue weighted by molar-refractivity contribution is 7.91. The Morgan fingerprint density at radius 1 is 1.25 bits per heavy atom. The van der Waals surface area contributed by atoms with Crippen LogP contribution in [-0.2, 0) is 24.2 Å². The summed E-state index contributed by atoms with van der Waals surface area (Å²) in [6, 6.07) is 4.87. The number of ether oxygens (including phenoxy) is 1. The molecule has 1 amide bonds. The van der Waals surface area contributed by atoms with Gasteiger partial charge in [-0.1, -0.05) is 12.1 Å². The summed E-state index contributed by atoms with van der Waals surface area (Å²) in [5, 5.41) is 2.26. The predicted octanol–water partition coefficient (Wildman–Crippen LogP) is 1.12. The highest BCUT2D eigenvalue weighted by Gasteiger charge is 2.29. The maximum absolute atomic E-state index is 12.7. The lowest BCUT2D eigenvalue weighted by molar-refractivity contribution is -0.144. The number of rotatable bonds is 8. The van der Waals surface area contributed by atoms with Crippen molar-refractivity contribution in [1.29, 1.82) is 0 Å². The maximum Gasteiger partial charge on any atom is 0.341 e. The predicted molar refractivity (Wildman–Crippen MR) is 82.4 cm³/mol. The molecule has 0 aliphatic rings. The smallest absolute Gasteiger partial charge is 0.341 e. The average Bonchev–Trinajstić information content (AvgIpc) is 2.47. The number of sulfone groups is 1. The Balaban J connectivity index is 2.80. The van der Waals surface area contributed by atoms with E-state index in [0.717, 1.165) is 6.07 Å². The van der Waals surface area contributed by atoms with Gasteiger partial charge in [-0.05, 0) is 26.1 Å². The van der Waals surface area contributed by atoms with E-state index in [0.29, 0.717) is 0 Å². The molecule has 24 heavy (non-hydrogen) atoms. The Morgan fingerprint density at radius 2 is 1.88 bits per heavy atom. The minimum absolute atomic E-state index is 0.141. The molecule has 1 rings (SSSR count). The van der Waals surface area contributed by atoms with Crippen molar-refractivity contribution in [3.05, 3.63) is 24.3 Å². The molecule has 0 aliphatic carbocycles. The van der Waals surface area contributed by atoms with Crippen LogP contribution in [0, 0.1) is 0 Å². The summed E-state index contributed by atoms with van der Waals surface area (Å²) in [5.74, 6) is -4.77. The van der Waals surface area contributed by atoms with Gasteiger partial charge in [-0.3, -0.25) is 14.5 Å². The summed E-state index contributed by atoms with van der Waals surface area (Å²) >= 11 is 0. The van der Waals surface area contributed by atoms with E-state index in [1.165, 1.54) is 30.1 Å². The van der Waals surface area contributed by atoms with E-state index in [-0.39, 0.29) is 25.4 Å². The molecule has 0 saturated carbocycles. The SMILES string of the molecule is CCOC(=O)CN(C)CC(=O)Nc1ccccc1S(=O)(=O)C(F)F. The van der Waals surface area contributed by atoms with E-state index in [9.17, 15) is 26.8 Å². The topological polar surface area (TPSA) is 92.8 Å². The normalized spacial score (nSPS) is 11.6. The number of esters is 1. The van der Waals surface area contributed by atoms with Gasteiger partial charge in [-0.2, -0.15) is 8.78 Å². The molecule has 0 heterocycles. The fourth-order valence-electron chi connectivity index (χ4n) is 1.83. The zero-order valence-corrected chi connectivity index (χ0v) is 14.0. The van der Waals surface area contributed by atoms with Gasteiger partial charge in [-0.25, -0.2) is 8.42 Å². The minimum atomic E-state index is -4.84. The highest BCUT2D eigenvalue weighted by Crippen LogP contribution is 2.25. The fourth-order valence-corrected chi connectivity index (χ4v) is 2.72. The van der Waals surface area contributed by atoms with Gasteiger partial charge in [0.15, 0.2) is 0 Å². The molecule has 7 nitrogen and oxygen atoms in total. The Morgan fingerprint density at radius 3 is 2.46 bits per heavy atom. The van der Waals surface area contributed by atoms with Gasteiger partial charge in [0.25, 0.3) is 0 Å². The van der Waals surface area contributed by atoms with E-state index in [1.807, 2.05) is 0 Å². The standard InChI is InChI=1S/C14H18F2N2O5S/c1-3-23-13(20)9-18(2)8-12(19)17-10-6-4-5-7-11(10)24(21,22)14(15)16/h4-7,14H,3,8-9H2,1-2H3,(H,17,19). The molecule has 0 aromatic heterocycles. The van der Waals surface area contributed by atoms with E-state index >= 15 is 0 Å². The number of nitrogens with zero attached hydrogens (tertiary/aromatic N) is 1. The van der Waals surface area contributed by atoms with Crippen LogP contribution in [0.5, 0.6) is 0 Å². The van der Waals surface area contributed by atoms with Crippen LogP contribution in [0.25, 0.3) is 0 Å². The molecule has 1 aromatic carbocycles. The second kappa shape index (κ2) is 8.69. The van der Waals surface area contributed by atoms with Crippen molar-refractivity contribution >= 4 is 27.4 Å². The number of carbonyl (C=O) groups is 2. The van der Waals surface area contributed by atoms with Crippen LogP contribution in [0.15, 0.2) is 29.2 Å². The summed E-state index contributed by atoms with van der Waals surface area (Å²) in [6.07, 6.45) is 0. The Labute approximate surface area is 138 Å². The number of amides is 1. The first-order valence-corrected chi connectivity index (χ1v) is 8.48. The number of nitrogens with one attached hydrogen (secondary N) is 1. The molecule has 0 fully saturated rings. The second-order valence-electron chi connectivity index (χ2n) is 4.83. The van der Waals surface area contributed by atoms with Gasteiger partial charge < -0.3 is 10.1 Å². The lowest BCUT2D eigenvalue weighted by atomic mass is 10.3. The first-order chi connectivity index (χ1) is 11.2. The number of hydrogen-bond donors (Lipinski definition) is 1. The molecule has 134 valence electrons. The average molecular weight is 364 g/mol. The van der Waals surface area contributed by atoms with Crippen LogP contribution in [0.4, 0.5) is 14.5 Å². The van der Waals surface area contributed by atoms with Crippen molar-refractivity contribution < 1.29 is 31.5 Å². The lowest BCUT2D eigenvalue weighted by Crippen LogP contribution is -2.35. The number of benzene rings is 1. The highest BCUT2D eigenvalue weighted by atomic mass is 32.2. The van der Waals surface area contributed by atoms with E-state index in [4.69, 9.17) is 4.74 Å². The molecule has 0 spiro atoms. The van der Waals surface area contributed by atoms with Crippen LogP contribution in [0.2, 0.25) is 0 Å². The van der Waals surface area contributed by atoms with Gasteiger partial charge in [0.2, 0.25) is 15.7 Å². The quantitative estimate of drug-likeness (QED) is 0.695. The minimum Gasteiger partial charge on any atom is -0.465 e. The maximum atomic E-state index is 12.7. The third kappa shape index (κ3) is 5.53. The molecular weight excluding hydrogens is 346 g/mol. The summed E-state index contributed by atoms with van der Waals surface area (Å²) in [4.78, 5) is 23.9. The number of anilines is 1. The van der Waals surface area contributed by atoms with Crippen LogP contribution in [0.1, 0.15) is 6.92 Å². The summed E-state index contributed by atoms with van der Waals surface area (Å²) in [5.41, 5.74) is -0.243. The number of alkyl halides is 2. The molecule has 1 aromatic rings. The van der Waals surface area contributed by atoms with Crippen molar-refractivity contribution in [3.8, 4) is 0 Å². The molecule has 0 aliphatic heterocycles. The van der Waals surface area contributed by atoms with Gasteiger partial charge in [0, 0.05) is 0 Å². The third-order valence-corrected chi connectivity index (χ3v) is 4.26. The number of halogens is 2. The van der Waals surface area contributed by atoms with Crippen LogP contribution in [0.3, 0.4) is 0 Å². The van der Waals surface area contributed by atoms with Gasteiger partial charge >= 0.3 is 11.7 Å². The number of para-hydroxylation sites is 1. The van der Waals surface area contributed by atoms with Crippen molar-refractivity contribution in [1.82, 2.24) is 4.90 Å². The van der Waals surface area contributed by atoms with Crippen LogP contribution in [-0.4, -0.2) is 57.7 Å². The van der Waals surface area contributed by atoms with Crippen molar-refractivity contribution in [3.63, 3.8) is 0 Å². The van der Waals surface area contributed by atoms with Crippen LogP contribution >= 0.6 is 0 Å². The number of hydrogen-bond acceptors (Lipinski definition) is 6. The Kier molecular flexibility index (Phi) is 7.23. The zero-order valence-electron chi connectivity index (χ0n) is 13.2. The van der Waals surface area contributed by atoms with Gasteiger partial charge in [-0.15, -0.1) is 0 Å². The van der Waals surface area contributed by atoms with Gasteiger partial charge in [0.05, 0.1) is 30.3 Å². The summed E-state index contributed by atoms with van der Waals surface area (Å²) in [7, 11) is -3.36. The van der Waals surface area contributed by atoms with E-state index < -0.39 is 32.4 Å². The molecule has 1 N–H and O–H groups in total. The van der Waals surface area contributed by atoms with Crippen molar-refractivity contribution in [2.45, 2.75) is 17.6 Å². The van der Waals surface area contributed by atoms with Gasteiger partial charge in [0.1, 0.15) is 0 Å². The molecule has 0 atom stereocenters. The first kappa shape index (κ1) is 20.0. The molecule has 0 bridgehead atoms. The lowest BCUT2D eigenvalue weighted by Gasteiger charge is -2.16. The Bertz CT molecular complexity index is 694. The Hall–Kier alpha value is -2.07. The fraction of sp³-hybridized carbons (Fsp3) is 0.429. The largest absolute Gasteiger partial charge is 0.465 e.